The van der Waals surface area contributed by atoms with Crippen molar-refractivity contribution >= 4 is 15.6 Å². The molecular weight excluding hydrogens is 260 g/mol. The highest BCUT2D eigenvalue weighted by atomic mass is 32.2. The molecule has 0 amide bonds. The molecule has 0 bridgehead atoms. The smallest absolute Gasteiger partial charge is 0.193 e. The van der Waals surface area contributed by atoms with E-state index in [4.69, 9.17) is 0 Å². The van der Waals surface area contributed by atoms with Crippen LogP contribution in [-0.2, 0) is 9.84 Å². The number of hydrogen-bond acceptors (Lipinski definition) is 3. The molecule has 2 aromatic carbocycles. The molecule has 0 aliphatic heterocycles. The van der Waals surface area contributed by atoms with E-state index in [2.05, 4.69) is 0 Å². The first-order valence-corrected chi connectivity index (χ1v) is 7.68. The summed E-state index contributed by atoms with van der Waals surface area (Å²) in [5.74, 6) is -0.175. The Morgan fingerprint density at radius 3 is 2.16 bits per heavy atom. The zero-order valence-electron chi connectivity index (χ0n) is 10.8. The lowest BCUT2D eigenvalue weighted by Gasteiger charge is -2.04. The van der Waals surface area contributed by atoms with Crippen LogP contribution in [-0.4, -0.2) is 20.5 Å². The number of hydrogen-bond donors (Lipinski definition) is 0. The predicted molar refractivity (Wildman–Crippen MR) is 74.2 cm³/mol. The number of benzene rings is 2. The van der Waals surface area contributed by atoms with Gasteiger partial charge in [-0.05, 0) is 19.1 Å². The van der Waals surface area contributed by atoms with Crippen molar-refractivity contribution in [2.75, 3.05) is 6.26 Å². The van der Waals surface area contributed by atoms with Gasteiger partial charge in [0.1, 0.15) is 0 Å². The zero-order valence-corrected chi connectivity index (χ0v) is 11.6. The van der Waals surface area contributed by atoms with Crippen LogP contribution in [0, 0.1) is 6.92 Å². The molecule has 0 aromatic heterocycles. The second-order valence-corrected chi connectivity index (χ2v) is 6.51. The Morgan fingerprint density at radius 2 is 1.58 bits per heavy atom. The third kappa shape index (κ3) is 3.09. The monoisotopic (exact) mass is 274 g/mol. The van der Waals surface area contributed by atoms with Gasteiger partial charge in [0.25, 0.3) is 0 Å². The van der Waals surface area contributed by atoms with Crippen LogP contribution < -0.4 is 0 Å². The number of carbonyl (C=O) groups is 1. The van der Waals surface area contributed by atoms with Crippen LogP contribution >= 0.6 is 0 Å². The van der Waals surface area contributed by atoms with Gasteiger partial charge in [0, 0.05) is 17.4 Å². The van der Waals surface area contributed by atoms with Crippen LogP contribution in [0.4, 0.5) is 0 Å². The van der Waals surface area contributed by atoms with Gasteiger partial charge in [-0.2, -0.15) is 0 Å². The van der Waals surface area contributed by atoms with Crippen molar-refractivity contribution in [1.29, 1.82) is 0 Å². The average Bonchev–Trinajstić information content (AvgIpc) is 2.38. The van der Waals surface area contributed by atoms with Gasteiger partial charge in [-0.1, -0.05) is 42.0 Å². The molecule has 0 radical (unpaired) electrons. The fraction of sp³-hybridized carbons (Fsp3) is 0.133. The summed E-state index contributed by atoms with van der Waals surface area (Å²) < 4.78 is 23.0. The summed E-state index contributed by atoms with van der Waals surface area (Å²) in [5.41, 5.74) is 2.00. The molecule has 98 valence electrons. The van der Waals surface area contributed by atoms with E-state index in [0.717, 1.165) is 11.8 Å². The maximum atomic E-state index is 12.2. The van der Waals surface area contributed by atoms with Crippen molar-refractivity contribution in [3.8, 4) is 0 Å². The minimum atomic E-state index is -3.30. The van der Waals surface area contributed by atoms with Gasteiger partial charge in [-0.25, -0.2) is 8.42 Å². The lowest BCUT2D eigenvalue weighted by atomic mass is 10.0. The fourth-order valence-electron chi connectivity index (χ4n) is 1.74. The lowest BCUT2D eigenvalue weighted by molar-refractivity contribution is 0.103. The Labute approximate surface area is 112 Å². The fourth-order valence-corrected chi connectivity index (χ4v) is 2.41. The number of sulfone groups is 1. The highest BCUT2D eigenvalue weighted by Gasteiger charge is 2.13. The summed E-state index contributed by atoms with van der Waals surface area (Å²) in [7, 11) is -3.30. The molecule has 0 spiro atoms. The van der Waals surface area contributed by atoms with Gasteiger partial charge in [0.15, 0.2) is 15.6 Å². The van der Waals surface area contributed by atoms with E-state index in [1.165, 1.54) is 12.1 Å². The third-order valence-electron chi connectivity index (χ3n) is 2.84. The van der Waals surface area contributed by atoms with Crippen molar-refractivity contribution in [3.05, 3.63) is 65.2 Å². The Hall–Kier alpha value is -1.94. The third-order valence-corrected chi connectivity index (χ3v) is 3.95. The SMILES string of the molecule is Cc1ccc(C(=O)c2cccc(S(C)(=O)=O)c2)cc1. The molecule has 0 N–H and O–H groups in total. The predicted octanol–water partition coefficient (Wildman–Crippen LogP) is 2.63. The summed E-state index contributed by atoms with van der Waals surface area (Å²) in [4.78, 5) is 12.4. The first-order valence-electron chi connectivity index (χ1n) is 5.79. The number of carbonyl (C=O) groups excluding carboxylic acids is 1. The van der Waals surface area contributed by atoms with Crippen molar-refractivity contribution in [2.24, 2.45) is 0 Å². The van der Waals surface area contributed by atoms with E-state index in [1.807, 2.05) is 19.1 Å². The Kier molecular flexibility index (Phi) is 3.53. The molecule has 2 aromatic rings. The summed E-state index contributed by atoms with van der Waals surface area (Å²) in [5, 5.41) is 0. The van der Waals surface area contributed by atoms with E-state index in [-0.39, 0.29) is 10.7 Å². The molecule has 0 heterocycles. The molecule has 0 aliphatic rings. The van der Waals surface area contributed by atoms with Crippen LogP contribution in [0.5, 0.6) is 0 Å². The normalized spacial score (nSPS) is 11.3. The first kappa shape index (κ1) is 13.5. The standard InChI is InChI=1S/C15H14O3S/c1-11-6-8-12(9-7-11)15(16)13-4-3-5-14(10-13)19(2,17)18/h3-10H,1-2H3. The largest absolute Gasteiger partial charge is 0.289 e. The first-order chi connectivity index (χ1) is 8.88. The Balaban J connectivity index is 2.42. The van der Waals surface area contributed by atoms with Gasteiger partial charge in [-0.15, -0.1) is 0 Å². The number of rotatable bonds is 3. The summed E-state index contributed by atoms with van der Waals surface area (Å²) in [6.07, 6.45) is 1.13. The van der Waals surface area contributed by atoms with Crippen molar-refractivity contribution in [1.82, 2.24) is 0 Å². The highest BCUT2D eigenvalue weighted by molar-refractivity contribution is 7.90. The van der Waals surface area contributed by atoms with Crippen LogP contribution in [0.3, 0.4) is 0 Å². The van der Waals surface area contributed by atoms with E-state index >= 15 is 0 Å². The second-order valence-electron chi connectivity index (χ2n) is 4.50. The Morgan fingerprint density at radius 1 is 0.947 bits per heavy atom. The molecular formula is C15H14O3S. The van der Waals surface area contributed by atoms with Gasteiger partial charge >= 0.3 is 0 Å². The van der Waals surface area contributed by atoms with E-state index in [1.54, 1.807) is 24.3 Å². The summed E-state index contributed by atoms with van der Waals surface area (Å²) in [6, 6.07) is 13.3. The average molecular weight is 274 g/mol. The van der Waals surface area contributed by atoms with Crippen molar-refractivity contribution < 1.29 is 13.2 Å². The number of ketones is 1. The molecule has 0 atom stereocenters. The minimum Gasteiger partial charge on any atom is -0.289 e. The maximum Gasteiger partial charge on any atom is 0.193 e. The van der Waals surface area contributed by atoms with Crippen molar-refractivity contribution in [3.63, 3.8) is 0 Å². The Bertz CT molecular complexity index is 713. The minimum absolute atomic E-state index is 0.158. The maximum absolute atomic E-state index is 12.2. The molecule has 2 rings (SSSR count). The van der Waals surface area contributed by atoms with Crippen LogP contribution in [0.1, 0.15) is 21.5 Å². The van der Waals surface area contributed by atoms with Crippen LogP contribution in [0.2, 0.25) is 0 Å². The van der Waals surface area contributed by atoms with Crippen molar-refractivity contribution in [2.45, 2.75) is 11.8 Å². The zero-order chi connectivity index (χ0) is 14.0. The van der Waals surface area contributed by atoms with E-state index in [0.29, 0.717) is 11.1 Å². The van der Waals surface area contributed by atoms with Gasteiger partial charge in [0.2, 0.25) is 0 Å². The molecule has 3 nitrogen and oxygen atoms in total. The number of aryl methyl sites for hydroxylation is 1. The summed E-state index contributed by atoms with van der Waals surface area (Å²) in [6.45, 7) is 1.94. The van der Waals surface area contributed by atoms with Gasteiger partial charge in [-0.3, -0.25) is 4.79 Å². The van der Waals surface area contributed by atoms with Crippen LogP contribution in [0.25, 0.3) is 0 Å². The lowest BCUT2D eigenvalue weighted by Crippen LogP contribution is -2.04. The quantitative estimate of drug-likeness (QED) is 0.808. The molecule has 0 unspecified atom stereocenters. The second kappa shape index (κ2) is 4.97. The topological polar surface area (TPSA) is 51.2 Å². The van der Waals surface area contributed by atoms with E-state index in [9.17, 15) is 13.2 Å². The highest BCUT2D eigenvalue weighted by Crippen LogP contribution is 2.15. The van der Waals surface area contributed by atoms with Gasteiger partial charge < -0.3 is 0 Å². The molecule has 19 heavy (non-hydrogen) atoms. The molecule has 0 saturated carbocycles. The van der Waals surface area contributed by atoms with E-state index < -0.39 is 9.84 Å². The molecule has 4 heteroatoms. The van der Waals surface area contributed by atoms with Gasteiger partial charge in [0.05, 0.1) is 4.90 Å². The van der Waals surface area contributed by atoms with Crippen LogP contribution in [0.15, 0.2) is 53.4 Å². The molecule has 0 aliphatic carbocycles. The summed E-state index contributed by atoms with van der Waals surface area (Å²) >= 11 is 0. The molecule has 0 saturated heterocycles. The molecule has 0 fully saturated rings.